The summed E-state index contributed by atoms with van der Waals surface area (Å²) in [6.07, 6.45) is 5.21. The first-order valence-corrected chi connectivity index (χ1v) is 6.50. The molecule has 0 aromatic heterocycles. The van der Waals surface area contributed by atoms with E-state index in [2.05, 4.69) is 26.1 Å². The Kier molecular flexibility index (Phi) is 8.88. The Balaban J connectivity index is 3.62. The molecule has 0 aliphatic rings. The molecule has 0 saturated heterocycles. The van der Waals surface area contributed by atoms with E-state index in [1.807, 2.05) is 0 Å². The number of unbranched alkanes of at least 4 members (excludes halogenated alkanes) is 3. The summed E-state index contributed by atoms with van der Waals surface area (Å²) in [5, 5.41) is 2.97. The lowest BCUT2D eigenvalue weighted by Crippen LogP contribution is -2.39. The molecule has 0 aromatic carbocycles. The zero-order chi connectivity index (χ0) is 11.7. The van der Waals surface area contributed by atoms with Crippen LogP contribution in [0.2, 0.25) is 0 Å². The van der Waals surface area contributed by atoms with E-state index in [0.717, 1.165) is 12.8 Å². The van der Waals surface area contributed by atoms with Crippen LogP contribution < -0.4 is 5.32 Å². The number of halogens is 1. The smallest absolute Gasteiger partial charge is 0.220 e. The predicted molar refractivity (Wildman–Crippen MR) is 66.2 cm³/mol. The van der Waals surface area contributed by atoms with Gasteiger partial charge in [-0.3, -0.25) is 4.79 Å². The second-order valence-corrected chi connectivity index (χ2v) is 4.69. The molecule has 0 aliphatic carbocycles. The number of carbonyl (C=O) groups excluding carboxylic acids is 1. The van der Waals surface area contributed by atoms with E-state index in [9.17, 15) is 4.79 Å². The van der Waals surface area contributed by atoms with Crippen molar-refractivity contribution in [2.45, 2.75) is 58.9 Å². The highest BCUT2D eigenvalue weighted by molar-refractivity contribution is 6.18. The van der Waals surface area contributed by atoms with Gasteiger partial charge in [0.15, 0.2) is 0 Å². The zero-order valence-corrected chi connectivity index (χ0v) is 10.9. The Morgan fingerprint density at radius 2 is 1.93 bits per heavy atom. The van der Waals surface area contributed by atoms with Crippen LogP contribution in [0.5, 0.6) is 0 Å². The van der Waals surface area contributed by atoms with E-state index < -0.39 is 0 Å². The first kappa shape index (κ1) is 14.8. The van der Waals surface area contributed by atoms with Crippen LogP contribution in [0.25, 0.3) is 0 Å². The van der Waals surface area contributed by atoms with Gasteiger partial charge in [-0.1, -0.05) is 40.0 Å². The molecule has 0 radical (unpaired) electrons. The summed E-state index contributed by atoms with van der Waals surface area (Å²) in [5.41, 5.74) is 0. The third kappa shape index (κ3) is 7.66. The molecule has 1 atom stereocenters. The Hall–Kier alpha value is -0.240. The van der Waals surface area contributed by atoms with Gasteiger partial charge < -0.3 is 5.32 Å². The highest BCUT2D eigenvalue weighted by atomic mass is 35.5. The first-order valence-electron chi connectivity index (χ1n) is 5.97. The van der Waals surface area contributed by atoms with Crippen LogP contribution in [0.1, 0.15) is 52.9 Å². The molecule has 3 heteroatoms. The van der Waals surface area contributed by atoms with E-state index >= 15 is 0 Å². The Morgan fingerprint density at radius 1 is 1.27 bits per heavy atom. The zero-order valence-electron chi connectivity index (χ0n) is 10.2. The van der Waals surface area contributed by atoms with Gasteiger partial charge in [0.25, 0.3) is 0 Å². The Labute approximate surface area is 98.8 Å². The third-order valence-electron chi connectivity index (χ3n) is 2.57. The van der Waals surface area contributed by atoms with Crippen LogP contribution in [0, 0.1) is 5.92 Å². The van der Waals surface area contributed by atoms with Crippen LogP contribution in [0.15, 0.2) is 0 Å². The van der Waals surface area contributed by atoms with Crippen molar-refractivity contribution in [3.8, 4) is 0 Å². The fourth-order valence-corrected chi connectivity index (χ4v) is 1.81. The second kappa shape index (κ2) is 9.02. The second-order valence-electron chi connectivity index (χ2n) is 4.38. The molecule has 1 N–H and O–H groups in total. The first-order chi connectivity index (χ1) is 7.11. The van der Waals surface area contributed by atoms with Crippen LogP contribution in [0.4, 0.5) is 0 Å². The average molecular weight is 234 g/mol. The molecule has 15 heavy (non-hydrogen) atoms. The van der Waals surface area contributed by atoms with E-state index in [-0.39, 0.29) is 11.9 Å². The van der Waals surface area contributed by atoms with E-state index in [1.54, 1.807) is 0 Å². The summed E-state index contributed by atoms with van der Waals surface area (Å²) in [5.74, 6) is 1.05. The molecule has 1 unspecified atom stereocenters. The summed E-state index contributed by atoms with van der Waals surface area (Å²) in [7, 11) is 0. The number of alkyl halides is 1. The number of hydrogen-bond donors (Lipinski definition) is 1. The molecule has 0 aromatic rings. The van der Waals surface area contributed by atoms with Crippen molar-refractivity contribution >= 4 is 17.5 Å². The lowest BCUT2D eigenvalue weighted by molar-refractivity contribution is -0.122. The maximum Gasteiger partial charge on any atom is 0.220 e. The maximum absolute atomic E-state index is 11.5. The van der Waals surface area contributed by atoms with Crippen LogP contribution in [-0.2, 0) is 4.79 Å². The highest BCUT2D eigenvalue weighted by Gasteiger charge is 2.14. The average Bonchev–Trinajstić information content (AvgIpc) is 2.20. The Bertz CT molecular complexity index is 171. The molecule has 90 valence electrons. The summed E-state index contributed by atoms with van der Waals surface area (Å²) in [6, 6.07) is 0.116. The van der Waals surface area contributed by atoms with Gasteiger partial charge in [-0.05, 0) is 12.3 Å². The monoisotopic (exact) mass is 233 g/mol. The van der Waals surface area contributed by atoms with Gasteiger partial charge >= 0.3 is 0 Å². The maximum atomic E-state index is 11.5. The number of carbonyl (C=O) groups is 1. The van der Waals surface area contributed by atoms with Crippen molar-refractivity contribution in [2.75, 3.05) is 5.88 Å². The van der Waals surface area contributed by atoms with E-state index in [0.29, 0.717) is 18.2 Å². The minimum atomic E-state index is 0.116. The van der Waals surface area contributed by atoms with Crippen molar-refractivity contribution in [1.82, 2.24) is 5.32 Å². The van der Waals surface area contributed by atoms with E-state index in [1.165, 1.54) is 12.8 Å². The number of hydrogen-bond acceptors (Lipinski definition) is 1. The molecule has 0 bridgehead atoms. The van der Waals surface area contributed by atoms with E-state index in [4.69, 9.17) is 11.6 Å². The third-order valence-corrected chi connectivity index (χ3v) is 2.91. The minimum absolute atomic E-state index is 0.116. The molecule has 0 aliphatic heterocycles. The summed E-state index contributed by atoms with van der Waals surface area (Å²) >= 11 is 5.78. The molecule has 0 rings (SSSR count). The molecule has 2 nitrogen and oxygen atoms in total. The fraction of sp³-hybridized carbons (Fsp3) is 0.917. The van der Waals surface area contributed by atoms with Gasteiger partial charge in [0.2, 0.25) is 5.91 Å². The van der Waals surface area contributed by atoms with Gasteiger partial charge in [-0.25, -0.2) is 0 Å². The highest BCUT2D eigenvalue weighted by Crippen LogP contribution is 2.06. The molecule has 0 heterocycles. The van der Waals surface area contributed by atoms with Gasteiger partial charge in [-0.2, -0.15) is 0 Å². The molecule has 0 spiro atoms. The topological polar surface area (TPSA) is 29.1 Å². The quantitative estimate of drug-likeness (QED) is 0.506. The predicted octanol–water partition coefficient (Wildman–Crippen LogP) is 3.34. The van der Waals surface area contributed by atoms with Crippen LogP contribution in [-0.4, -0.2) is 17.8 Å². The summed E-state index contributed by atoms with van der Waals surface area (Å²) < 4.78 is 0. The van der Waals surface area contributed by atoms with Crippen molar-refractivity contribution in [3.63, 3.8) is 0 Å². The van der Waals surface area contributed by atoms with Crippen molar-refractivity contribution < 1.29 is 4.79 Å². The molecule has 0 saturated carbocycles. The van der Waals surface area contributed by atoms with Crippen LogP contribution in [0.3, 0.4) is 0 Å². The number of amides is 1. The fourth-order valence-electron chi connectivity index (χ4n) is 1.37. The standard InChI is InChI=1S/C12H24ClNO/c1-4-5-6-7-8-12(15)14-11(9-13)10(2)3/h10-11H,4-9H2,1-3H3,(H,14,15). The van der Waals surface area contributed by atoms with Gasteiger partial charge in [0.1, 0.15) is 0 Å². The normalized spacial score (nSPS) is 12.9. The van der Waals surface area contributed by atoms with Gasteiger partial charge in [-0.15, -0.1) is 11.6 Å². The molecular weight excluding hydrogens is 210 g/mol. The lowest BCUT2D eigenvalue weighted by atomic mass is 10.1. The molecule has 1 amide bonds. The van der Waals surface area contributed by atoms with Crippen molar-refractivity contribution in [3.05, 3.63) is 0 Å². The number of nitrogens with one attached hydrogen (secondary N) is 1. The van der Waals surface area contributed by atoms with Crippen molar-refractivity contribution in [1.29, 1.82) is 0 Å². The SMILES string of the molecule is CCCCCCC(=O)NC(CCl)C(C)C. The number of rotatable bonds is 8. The Morgan fingerprint density at radius 3 is 2.40 bits per heavy atom. The molecular formula is C12H24ClNO. The van der Waals surface area contributed by atoms with Crippen molar-refractivity contribution in [2.24, 2.45) is 5.92 Å². The largest absolute Gasteiger partial charge is 0.352 e. The molecule has 0 fully saturated rings. The summed E-state index contributed by atoms with van der Waals surface area (Å²) in [6.45, 7) is 6.32. The van der Waals surface area contributed by atoms with Gasteiger partial charge in [0.05, 0.1) is 0 Å². The lowest BCUT2D eigenvalue weighted by Gasteiger charge is -2.19. The van der Waals surface area contributed by atoms with Gasteiger partial charge in [0, 0.05) is 18.3 Å². The minimum Gasteiger partial charge on any atom is -0.352 e. The summed E-state index contributed by atoms with van der Waals surface area (Å²) in [4.78, 5) is 11.5. The van der Waals surface area contributed by atoms with Crippen LogP contribution >= 0.6 is 11.6 Å².